The topological polar surface area (TPSA) is 98.7 Å². The van der Waals surface area contributed by atoms with Gasteiger partial charge in [0.05, 0.1) is 29.7 Å². The van der Waals surface area contributed by atoms with Crippen LogP contribution in [0, 0.1) is 0 Å². The second-order valence-corrected chi connectivity index (χ2v) is 10.5. The fourth-order valence-corrected chi connectivity index (χ4v) is 5.96. The van der Waals surface area contributed by atoms with E-state index < -0.39 is 29.3 Å². The summed E-state index contributed by atoms with van der Waals surface area (Å²) in [5, 5.41) is 0.0423. The number of aromatic nitrogens is 1. The van der Waals surface area contributed by atoms with Crippen molar-refractivity contribution in [2.45, 2.75) is 37.9 Å². The van der Waals surface area contributed by atoms with Crippen LogP contribution in [0.5, 0.6) is 0 Å². The minimum atomic E-state index is -4.72. The van der Waals surface area contributed by atoms with Gasteiger partial charge in [-0.05, 0) is 68.7 Å². The highest BCUT2D eigenvalue weighted by Crippen LogP contribution is 2.48. The van der Waals surface area contributed by atoms with Gasteiger partial charge in [-0.3, -0.25) is 24.5 Å². The Morgan fingerprint density at radius 3 is 2.29 bits per heavy atom. The third-order valence-electron chi connectivity index (χ3n) is 7.78. The number of benzene rings is 1. The summed E-state index contributed by atoms with van der Waals surface area (Å²) >= 11 is 5.69. The van der Waals surface area contributed by atoms with E-state index in [1.54, 1.807) is 45.9 Å². The Kier molecular flexibility index (Phi) is 7.92. The van der Waals surface area contributed by atoms with E-state index in [9.17, 15) is 27.6 Å². The first-order valence-corrected chi connectivity index (χ1v) is 13.9. The van der Waals surface area contributed by atoms with Crippen LogP contribution < -0.4 is 9.80 Å². The van der Waals surface area contributed by atoms with Crippen LogP contribution in [-0.4, -0.2) is 89.4 Å². The number of piperazine rings is 1. The second-order valence-electron chi connectivity index (χ2n) is 10.2. The van der Waals surface area contributed by atoms with Crippen LogP contribution in [0.2, 0.25) is 0 Å². The molecule has 10 nitrogen and oxygen atoms in total. The van der Waals surface area contributed by atoms with E-state index >= 15 is 0 Å². The molecule has 2 saturated heterocycles. The van der Waals surface area contributed by atoms with E-state index in [-0.39, 0.29) is 29.0 Å². The lowest BCUT2D eigenvalue weighted by Gasteiger charge is -2.43. The van der Waals surface area contributed by atoms with Crippen molar-refractivity contribution in [3.05, 3.63) is 53.3 Å². The molecule has 2 aromatic rings. The number of rotatable bonds is 5. The van der Waals surface area contributed by atoms with E-state index in [4.69, 9.17) is 17.0 Å². The van der Waals surface area contributed by atoms with Gasteiger partial charge in [0, 0.05) is 50.7 Å². The average Bonchev–Trinajstić information content (AvgIpc) is 3.19. The van der Waals surface area contributed by atoms with Crippen LogP contribution in [0.4, 0.5) is 29.3 Å². The highest BCUT2D eigenvalue weighted by atomic mass is 32.1. The molecular weight excluding hydrogens is 573 g/mol. The molecular formula is C28H29F3N6O4S. The second kappa shape index (κ2) is 11.3. The minimum absolute atomic E-state index is 0.0423. The average molecular weight is 603 g/mol. The number of carbonyl (C=O) groups excluding carboxylic acids is 3. The Bertz CT molecular complexity index is 1440. The summed E-state index contributed by atoms with van der Waals surface area (Å²) in [5.41, 5.74) is -1.50. The van der Waals surface area contributed by atoms with E-state index in [1.165, 1.54) is 13.2 Å². The van der Waals surface area contributed by atoms with E-state index in [2.05, 4.69) is 9.98 Å². The summed E-state index contributed by atoms with van der Waals surface area (Å²) in [6, 6.07) is 7.52. The summed E-state index contributed by atoms with van der Waals surface area (Å²) in [5.74, 6) is -0.614. The number of hydrogen-bond acceptors (Lipinski definition) is 7. The van der Waals surface area contributed by atoms with Crippen molar-refractivity contribution in [2.24, 2.45) is 4.99 Å². The van der Waals surface area contributed by atoms with Gasteiger partial charge in [-0.1, -0.05) is 0 Å². The third kappa shape index (κ3) is 5.08. The van der Waals surface area contributed by atoms with Crippen molar-refractivity contribution in [1.29, 1.82) is 0 Å². The number of nitrogens with zero attached hydrogens (tertiary/aromatic N) is 6. The van der Waals surface area contributed by atoms with Crippen LogP contribution in [0.1, 0.15) is 47.8 Å². The molecule has 0 bridgehead atoms. The summed E-state index contributed by atoms with van der Waals surface area (Å²) in [7, 11) is 1.35. The molecule has 0 radical (unpaired) electrons. The Hall–Kier alpha value is -4.07. The molecule has 1 saturated carbocycles. The number of hydrogen-bond donors (Lipinski definition) is 0. The van der Waals surface area contributed by atoms with E-state index in [0.29, 0.717) is 50.3 Å². The van der Waals surface area contributed by atoms with Crippen molar-refractivity contribution < 1.29 is 32.3 Å². The number of pyridine rings is 1. The number of amides is 3. The molecule has 5 rings (SSSR count). The zero-order chi connectivity index (χ0) is 30.2. The highest BCUT2D eigenvalue weighted by molar-refractivity contribution is 7.81. The quantitative estimate of drug-likeness (QED) is 0.375. The molecule has 0 N–H and O–H groups in total. The van der Waals surface area contributed by atoms with Gasteiger partial charge < -0.3 is 19.4 Å². The summed E-state index contributed by atoms with van der Waals surface area (Å²) in [6.45, 7) is 3.46. The predicted molar refractivity (Wildman–Crippen MR) is 153 cm³/mol. The number of thiocarbonyl (C=S) groups is 1. The fraction of sp³-hybridized carbons (Fsp3) is 0.429. The van der Waals surface area contributed by atoms with Gasteiger partial charge in [-0.25, -0.2) is 4.79 Å². The molecule has 1 spiro atoms. The minimum Gasteiger partial charge on any atom is -0.450 e. The molecule has 3 fully saturated rings. The van der Waals surface area contributed by atoms with Gasteiger partial charge in [0.15, 0.2) is 5.11 Å². The Morgan fingerprint density at radius 1 is 1.10 bits per heavy atom. The number of carbonyl (C=O) groups is 3. The van der Waals surface area contributed by atoms with Crippen LogP contribution in [-0.2, 0) is 15.7 Å². The van der Waals surface area contributed by atoms with E-state index in [1.807, 2.05) is 0 Å². The molecule has 2 aliphatic heterocycles. The molecule has 1 aromatic heterocycles. The Labute approximate surface area is 245 Å². The first-order chi connectivity index (χ1) is 20.0. The standard InChI is InChI=1S/C28H29F3N6O4S/c1-3-41-26(40)35-13-11-34(12-14-35)23(38)18-5-7-19(8-6-18)37-25(42)36(24(39)27(37)9-4-10-27)20-15-21(28(29,30)31)22(17-32-2)33-16-20/h5-8,15-17H,3-4,9-14H2,1-2H3. The van der Waals surface area contributed by atoms with E-state index in [0.717, 1.165) is 23.6 Å². The Morgan fingerprint density at radius 2 is 1.74 bits per heavy atom. The lowest BCUT2D eigenvalue weighted by atomic mass is 9.75. The molecule has 0 unspecified atom stereocenters. The van der Waals surface area contributed by atoms with Crippen molar-refractivity contribution >= 4 is 52.8 Å². The van der Waals surface area contributed by atoms with Gasteiger partial charge >= 0.3 is 12.3 Å². The molecule has 42 heavy (non-hydrogen) atoms. The van der Waals surface area contributed by atoms with Gasteiger partial charge in [0.25, 0.3) is 11.8 Å². The number of halogens is 3. The molecule has 3 heterocycles. The van der Waals surface area contributed by atoms with Gasteiger partial charge in [-0.15, -0.1) is 0 Å². The predicted octanol–water partition coefficient (Wildman–Crippen LogP) is 4.12. The number of aliphatic imine (C=N–C) groups is 1. The first kappa shape index (κ1) is 29.4. The number of alkyl halides is 3. The van der Waals surface area contributed by atoms with Crippen LogP contribution >= 0.6 is 12.2 Å². The maximum atomic E-state index is 13.8. The lowest BCUT2D eigenvalue weighted by Crippen LogP contribution is -2.55. The first-order valence-electron chi connectivity index (χ1n) is 13.5. The maximum Gasteiger partial charge on any atom is 0.418 e. The summed E-state index contributed by atoms with van der Waals surface area (Å²) in [6.07, 6.45) is -1.20. The highest BCUT2D eigenvalue weighted by Gasteiger charge is 2.59. The van der Waals surface area contributed by atoms with Crippen molar-refractivity contribution in [2.75, 3.05) is 49.6 Å². The lowest BCUT2D eigenvalue weighted by molar-refractivity contribution is -0.138. The van der Waals surface area contributed by atoms with Crippen molar-refractivity contribution in [3.63, 3.8) is 0 Å². The SMILES string of the molecule is CCOC(=O)N1CCN(C(=O)c2ccc(N3C(=S)N(c4cnc(C=NC)c(C(F)(F)F)c4)C(=O)C34CCC4)cc2)CC1. The summed E-state index contributed by atoms with van der Waals surface area (Å²) in [4.78, 5) is 52.4. The molecule has 0 atom stereocenters. The molecule has 1 aromatic carbocycles. The van der Waals surface area contributed by atoms with Crippen LogP contribution in [0.3, 0.4) is 0 Å². The van der Waals surface area contributed by atoms with Gasteiger partial charge in [0.1, 0.15) is 5.54 Å². The zero-order valence-corrected chi connectivity index (χ0v) is 23.9. The molecule has 3 aliphatic rings. The monoisotopic (exact) mass is 602 g/mol. The van der Waals surface area contributed by atoms with Crippen LogP contribution in [0.15, 0.2) is 41.5 Å². The molecule has 1 aliphatic carbocycles. The zero-order valence-electron chi connectivity index (χ0n) is 23.1. The number of anilines is 2. The van der Waals surface area contributed by atoms with Crippen molar-refractivity contribution in [3.8, 4) is 0 Å². The third-order valence-corrected chi connectivity index (χ3v) is 8.14. The molecule has 222 valence electrons. The van der Waals surface area contributed by atoms with Crippen LogP contribution in [0.25, 0.3) is 0 Å². The number of ether oxygens (including phenoxy) is 1. The Balaban J connectivity index is 1.38. The largest absolute Gasteiger partial charge is 0.450 e. The normalized spacial score (nSPS) is 18.7. The fourth-order valence-electron chi connectivity index (χ4n) is 5.49. The van der Waals surface area contributed by atoms with Crippen molar-refractivity contribution in [1.82, 2.24) is 14.8 Å². The molecule has 14 heteroatoms. The summed E-state index contributed by atoms with van der Waals surface area (Å²) < 4.78 is 46.5. The van der Waals surface area contributed by atoms with Gasteiger partial charge in [-0.2, -0.15) is 13.2 Å². The maximum absolute atomic E-state index is 13.8. The smallest absolute Gasteiger partial charge is 0.418 e. The molecule has 3 amide bonds. The van der Waals surface area contributed by atoms with Gasteiger partial charge in [0.2, 0.25) is 0 Å².